The number of nitrogens with one attached hydrogen (secondary N) is 2. The van der Waals surface area contributed by atoms with E-state index < -0.39 is 11.6 Å². The van der Waals surface area contributed by atoms with Crippen LogP contribution in [-0.4, -0.2) is 15.2 Å². The van der Waals surface area contributed by atoms with Crippen molar-refractivity contribution in [1.82, 2.24) is 15.2 Å². The fourth-order valence-electron chi connectivity index (χ4n) is 2.03. The third-order valence-electron chi connectivity index (χ3n) is 3.44. The Balaban J connectivity index is 2.06. The monoisotopic (exact) mass is 289 g/mol. The fourth-order valence-corrected chi connectivity index (χ4v) is 2.03. The summed E-state index contributed by atoms with van der Waals surface area (Å²) in [5.41, 5.74) is 7.35. The molecule has 108 valence electrons. The standard InChI is InChI=1S/C14H13F2N5/c1-6-3-4-10(11(16)7(6)2)18-14-9(15)5-8-12(17)20-21-13(8)19-14/h3-5H,1-2H3,(H4,17,18,19,20,21). The van der Waals surface area contributed by atoms with E-state index in [9.17, 15) is 8.78 Å². The predicted molar refractivity (Wildman–Crippen MR) is 77.4 cm³/mol. The molecule has 0 aliphatic rings. The van der Waals surface area contributed by atoms with E-state index in [0.717, 1.165) is 5.56 Å². The summed E-state index contributed by atoms with van der Waals surface area (Å²) in [7, 11) is 0. The molecule has 2 aromatic heterocycles. The Kier molecular flexibility index (Phi) is 2.97. The van der Waals surface area contributed by atoms with Crippen molar-refractivity contribution < 1.29 is 8.78 Å². The third-order valence-corrected chi connectivity index (χ3v) is 3.44. The Morgan fingerprint density at radius 3 is 2.76 bits per heavy atom. The number of aryl methyl sites for hydroxylation is 1. The van der Waals surface area contributed by atoms with Crippen LogP contribution < -0.4 is 11.1 Å². The Labute approximate surface area is 119 Å². The van der Waals surface area contributed by atoms with E-state index in [1.165, 1.54) is 6.07 Å². The van der Waals surface area contributed by atoms with Gasteiger partial charge in [0.1, 0.15) is 11.6 Å². The maximum atomic E-state index is 14.1. The van der Waals surface area contributed by atoms with Gasteiger partial charge in [-0.1, -0.05) is 6.07 Å². The first-order chi connectivity index (χ1) is 9.97. The van der Waals surface area contributed by atoms with Crippen molar-refractivity contribution in [3.8, 4) is 0 Å². The van der Waals surface area contributed by atoms with Gasteiger partial charge in [0.05, 0.1) is 11.1 Å². The maximum Gasteiger partial charge on any atom is 0.185 e. The minimum atomic E-state index is -0.631. The van der Waals surface area contributed by atoms with Crippen LogP contribution in [-0.2, 0) is 0 Å². The molecule has 0 aliphatic carbocycles. The zero-order valence-corrected chi connectivity index (χ0v) is 11.5. The lowest BCUT2D eigenvalue weighted by atomic mass is 10.1. The Bertz CT molecular complexity index is 841. The van der Waals surface area contributed by atoms with E-state index in [4.69, 9.17) is 5.73 Å². The van der Waals surface area contributed by atoms with Crippen molar-refractivity contribution in [1.29, 1.82) is 0 Å². The first-order valence-corrected chi connectivity index (χ1v) is 6.30. The molecule has 21 heavy (non-hydrogen) atoms. The second-order valence-corrected chi connectivity index (χ2v) is 4.82. The summed E-state index contributed by atoms with van der Waals surface area (Å²) in [6.45, 7) is 3.47. The van der Waals surface area contributed by atoms with Gasteiger partial charge in [0, 0.05) is 0 Å². The average Bonchev–Trinajstić information content (AvgIpc) is 2.81. The van der Waals surface area contributed by atoms with Gasteiger partial charge in [-0.05, 0) is 37.1 Å². The van der Waals surface area contributed by atoms with Crippen LogP contribution in [0, 0.1) is 25.5 Å². The number of pyridine rings is 1. The highest BCUT2D eigenvalue weighted by molar-refractivity contribution is 5.87. The van der Waals surface area contributed by atoms with Gasteiger partial charge in [-0.2, -0.15) is 5.10 Å². The highest BCUT2D eigenvalue weighted by atomic mass is 19.1. The number of nitrogens with two attached hydrogens (primary N) is 1. The van der Waals surface area contributed by atoms with Crippen molar-refractivity contribution in [2.24, 2.45) is 0 Å². The lowest BCUT2D eigenvalue weighted by Crippen LogP contribution is -2.01. The molecule has 0 spiro atoms. The number of anilines is 3. The number of nitrogens with zero attached hydrogens (tertiary/aromatic N) is 2. The molecule has 3 rings (SSSR count). The van der Waals surface area contributed by atoms with Crippen molar-refractivity contribution in [3.05, 3.63) is 41.0 Å². The molecule has 0 unspecified atom stereocenters. The number of hydrogen-bond acceptors (Lipinski definition) is 4. The fraction of sp³-hybridized carbons (Fsp3) is 0.143. The predicted octanol–water partition coefficient (Wildman–Crippen LogP) is 3.18. The van der Waals surface area contributed by atoms with Crippen molar-refractivity contribution in [2.45, 2.75) is 13.8 Å². The van der Waals surface area contributed by atoms with Crippen LogP contribution in [0.4, 0.5) is 26.1 Å². The van der Waals surface area contributed by atoms with E-state index in [-0.39, 0.29) is 23.0 Å². The Morgan fingerprint density at radius 2 is 2.00 bits per heavy atom. The van der Waals surface area contributed by atoms with Gasteiger partial charge < -0.3 is 11.1 Å². The van der Waals surface area contributed by atoms with Gasteiger partial charge >= 0.3 is 0 Å². The molecule has 0 amide bonds. The second kappa shape index (κ2) is 4.69. The number of H-pyrrole nitrogens is 1. The summed E-state index contributed by atoms with van der Waals surface area (Å²) in [6, 6.07) is 4.51. The van der Waals surface area contributed by atoms with Crippen LogP contribution in [0.5, 0.6) is 0 Å². The normalized spacial score (nSPS) is 11.0. The molecule has 0 radical (unpaired) electrons. The first kappa shape index (κ1) is 13.3. The molecule has 0 bridgehead atoms. The molecule has 4 N–H and O–H groups in total. The van der Waals surface area contributed by atoms with E-state index in [1.54, 1.807) is 26.0 Å². The Morgan fingerprint density at radius 1 is 1.24 bits per heavy atom. The molecule has 0 atom stereocenters. The molecular weight excluding hydrogens is 276 g/mol. The largest absolute Gasteiger partial charge is 0.384 e. The number of benzene rings is 1. The number of halogens is 2. The molecule has 1 aromatic carbocycles. The van der Waals surface area contributed by atoms with Crippen molar-refractivity contribution in [2.75, 3.05) is 11.1 Å². The smallest absolute Gasteiger partial charge is 0.185 e. The summed E-state index contributed by atoms with van der Waals surface area (Å²) < 4.78 is 28.2. The van der Waals surface area contributed by atoms with Gasteiger partial charge in [0.15, 0.2) is 17.3 Å². The molecule has 0 saturated heterocycles. The quantitative estimate of drug-likeness (QED) is 0.677. The van der Waals surface area contributed by atoms with Crippen LogP contribution in [0.2, 0.25) is 0 Å². The van der Waals surface area contributed by atoms with E-state index >= 15 is 0 Å². The Hall–Kier alpha value is -2.70. The van der Waals surface area contributed by atoms with Gasteiger partial charge in [-0.3, -0.25) is 5.10 Å². The number of rotatable bonds is 2. The minimum absolute atomic E-state index is 0.101. The number of nitrogen functional groups attached to an aromatic ring is 1. The van der Waals surface area contributed by atoms with E-state index in [2.05, 4.69) is 20.5 Å². The zero-order chi connectivity index (χ0) is 15.1. The number of aromatic nitrogens is 3. The second-order valence-electron chi connectivity index (χ2n) is 4.82. The summed E-state index contributed by atoms with van der Waals surface area (Å²) >= 11 is 0. The minimum Gasteiger partial charge on any atom is -0.384 e. The van der Waals surface area contributed by atoms with E-state index in [1.807, 2.05) is 0 Å². The lowest BCUT2D eigenvalue weighted by Gasteiger charge is -2.10. The summed E-state index contributed by atoms with van der Waals surface area (Å²) in [4.78, 5) is 4.01. The lowest BCUT2D eigenvalue weighted by molar-refractivity contribution is 0.617. The highest BCUT2D eigenvalue weighted by Gasteiger charge is 2.14. The molecule has 7 heteroatoms. The van der Waals surface area contributed by atoms with Crippen LogP contribution >= 0.6 is 0 Å². The van der Waals surface area contributed by atoms with E-state index in [0.29, 0.717) is 10.9 Å². The molecule has 0 saturated carbocycles. The van der Waals surface area contributed by atoms with Gasteiger partial charge in [0.2, 0.25) is 0 Å². The molecule has 3 aromatic rings. The topological polar surface area (TPSA) is 79.6 Å². The van der Waals surface area contributed by atoms with Gasteiger partial charge in [-0.25, -0.2) is 13.8 Å². The molecule has 0 aliphatic heterocycles. The van der Waals surface area contributed by atoms with Crippen molar-refractivity contribution >= 4 is 28.4 Å². The SMILES string of the molecule is Cc1ccc(Nc2nc3n[nH]c(N)c3cc2F)c(F)c1C. The van der Waals surface area contributed by atoms with Crippen LogP contribution in [0.25, 0.3) is 11.0 Å². The summed E-state index contributed by atoms with van der Waals surface area (Å²) in [5, 5.41) is 9.42. The van der Waals surface area contributed by atoms with Crippen molar-refractivity contribution in [3.63, 3.8) is 0 Å². The van der Waals surface area contributed by atoms with Gasteiger partial charge in [0.25, 0.3) is 0 Å². The number of aromatic amines is 1. The maximum absolute atomic E-state index is 14.1. The zero-order valence-electron chi connectivity index (χ0n) is 11.5. The highest BCUT2D eigenvalue weighted by Crippen LogP contribution is 2.27. The molecule has 5 nitrogen and oxygen atoms in total. The number of hydrogen-bond donors (Lipinski definition) is 3. The van der Waals surface area contributed by atoms with Crippen LogP contribution in [0.15, 0.2) is 18.2 Å². The summed E-state index contributed by atoms with van der Waals surface area (Å²) in [5.74, 6) is -0.928. The third kappa shape index (κ3) is 2.16. The average molecular weight is 289 g/mol. The first-order valence-electron chi connectivity index (χ1n) is 6.30. The molecule has 2 heterocycles. The number of fused-ring (bicyclic) bond motifs is 1. The molecule has 0 fully saturated rings. The van der Waals surface area contributed by atoms with Crippen LogP contribution in [0.3, 0.4) is 0 Å². The summed E-state index contributed by atoms with van der Waals surface area (Å²) in [6.07, 6.45) is 0. The van der Waals surface area contributed by atoms with Crippen LogP contribution in [0.1, 0.15) is 11.1 Å². The van der Waals surface area contributed by atoms with Gasteiger partial charge in [-0.15, -0.1) is 0 Å². The molecular formula is C14H13F2N5.